The summed E-state index contributed by atoms with van der Waals surface area (Å²) in [4.78, 5) is 25.5. The Morgan fingerprint density at radius 3 is 2.50 bits per heavy atom. The van der Waals surface area contributed by atoms with Crippen molar-refractivity contribution in [1.29, 1.82) is 0 Å². The van der Waals surface area contributed by atoms with Crippen LogP contribution < -0.4 is 10.2 Å². The van der Waals surface area contributed by atoms with Gasteiger partial charge in [-0.1, -0.05) is 58.7 Å². The van der Waals surface area contributed by atoms with E-state index in [-0.39, 0.29) is 16.9 Å². The summed E-state index contributed by atoms with van der Waals surface area (Å²) in [6.07, 6.45) is 0. The maximum atomic E-state index is 12.2. The molecule has 0 unspecified atom stereocenters. The third-order valence-corrected chi connectivity index (χ3v) is 4.83. The zero-order valence-electron chi connectivity index (χ0n) is 12.6. The number of thioether (sulfide) groups is 1. The Labute approximate surface area is 159 Å². The molecule has 1 N–H and O–H groups in total. The Morgan fingerprint density at radius 2 is 1.79 bits per heavy atom. The topological polar surface area (TPSA) is 49.4 Å². The van der Waals surface area contributed by atoms with E-state index in [9.17, 15) is 9.59 Å². The Hall–Kier alpha value is -1.40. The molecule has 4 nitrogen and oxygen atoms in total. The van der Waals surface area contributed by atoms with Gasteiger partial charge in [0, 0.05) is 12.1 Å². The van der Waals surface area contributed by atoms with Crippen LogP contribution >= 0.6 is 46.6 Å². The van der Waals surface area contributed by atoms with Gasteiger partial charge in [-0.3, -0.25) is 9.59 Å². The molecule has 0 aromatic heterocycles. The molecule has 0 atom stereocenters. The lowest BCUT2D eigenvalue weighted by Gasteiger charge is -2.18. The Kier molecular flexibility index (Phi) is 6.80. The fourth-order valence-corrected chi connectivity index (χ4v) is 3.03. The van der Waals surface area contributed by atoms with Gasteiger partial charge in [0.2, 0.25) is 5.91 Å². The van der Waals surface area contributed by atoms with Crippen molar-refractivity contribution >= 4 is 69.1 Å². The van der Waals surface area contributed by atoms with Gasteiger partial charge in [-0.05, 0) is 30.3 Å². The van der Waals surface area contributed by atoms with Crippen molar-refractivity contribution in [3.8, 4) is 0 Å². The van der Waals surface area contributed by atoms with E-state index in [4.69, 9.17) is 34.8 Å². The van der Waals surface area contributed by atoms with E-state index >= 15 is 0 Å². The molecule has 0 bridgehead atoms. The second kappa shape index (κ2) is 8.62. The number of carbonyl (C=O) groups is 2. The number of rotatable bonds is 4. The van der Waals surface area contributed by atoms with E-state index < -0.39 is 0 Å². The number of carbonyl (C=O) groups excluding carboxylic acids is 2. The number of halogens is 3. The highest BCUT2D eigenvalue weighted by atomic mass is 35.5. The summed E-state index contributed by atoms with van der Waals surface area (Å²) >= 11 is 18.8. The van der Waals surface area contributed by atoms with Gasteiger partial charge in [-0.25, -0.2) is 0 Å². The highest BCUT2D eigenvalue weighted by Crippen LogP contribution is 2.30. The summed E-state index contributed by atoms with van der Waals surface area (Å²) in [5.41, 5.74) is 0.983. The molecular weight excluding hydrogens is 391 g/mol. The van der Waals surface area contributed by atoms with Gasteiger partial charge in [-0.2, -0.15) is 0 Å². The smallest absolute Gasteiger partial charge is 0.286 e. The predicted molar refractivity (Wildman–Crippen MR) is 103 cm³/mol. The van der Waals surface area contributed by atoms with Gasteiger partial charge in [-0.15, -0.1) is 0 Å². The Balaban J connectivity index is 1.94. The summed E-state index contributed by atoms with van der Waals surface area (Å²) in [5.74, 6) is -0.376. The number of nitrogens with one attached hydrogen (secondary N) is 1. The third kappa shape index (κ3) is 5.05. The van der Waals surface area contributed by atoms with E-state index in [1.165, 1.54) is 4.90 Å². The Morgan fingerprint density at radius 1 is 1.08 bits per heavy atom. The zero-order chi connectivity index (χ0) is 17.7. The van der Waals surface area contributed by atoms with Crippen LogP contribution in [0.1, 0.15) is 0 Å². The van der Waals surface area contributed by atoms with Crippen LogP contribution in [0.3, 0.4) is 0 Å². The van der Waals surface area contributed by atoms with Crippen LogP contribution in [0.15, 0.2) is 42.5 Å². The normalized spacial score (nSPS) is 10.3. The van der Waals surface area contributed by atoms with Crippen molar-refractivity contribution in [2.75, 3.05) is 23.0 Å². The molecule has 24 heavy (non-hydrogen) atoms. The molecule has 0 spiro atoms. The van der Waals surface area contributed by atoms with Crippen molar-refractivity contribution in [3.05, 3.63) is 57.5 Å². The van der Waals surface area contributed by atoms with Crippen molar-refractivity contribution in [2.24, 2.45) is 0 Å². The first-order chi connectivity index (χ1) is 11.4. The van der Waals surface area contributed by atoms with E-state index in [0.29, 0.717) is 26.4 Å². The summed E-state index contributed by atoms with van der Waals surface area (Å²) in [5, 5.41) is 3.63. The SMILES string of the molecule is CN(C(=O)SCC(=O)Nc1ccccc1Cl)c1cc(Cl)ccc1Cl. The summed E-state index contributed by atoms with van der Waals surface area (Å²) in [7, 11) is 1.57. The molecule has 0 aliphatic heterocycles. The van der Waals surface area contributed by atoms with Gasteiger partial charge in [0.05, 0.1) is 27.2 Å². The van der Waals surface area contributed by atoms with E-state index in [1.54, 1.807) is 49.5 Å². The number of anilines is 2. The molecule has 2 amide bonds. The van der Waals surface area contributed by atoms with Gasteiger partial charge >= 0.3 is 0 Å². The average Bonchev–Trinajstić information content (AvgIpc) is 2.56. The molecule has 0 heterocycles. The maximum Gasteiger partial charge on any atom is 0.286 e. The molecule has 2 rings (SSSR count). The largest absolute Gasteiger partial charge is 0.324 e. The van der Waals surface area contributed by atoms with Crippen LogP contribution in [0.5, 0.6) is 0 Å². The number of hydrogen-bond acceptors (Lipinski definition) is 3. The molecule has 0 saturated carbocycles. The van der Waals surface area contributed by atoms with Crippen molar-refractivity contribution in [3.63, 3.8) is 0 Å². The Bertz CT molecular complexity index is 771. The molecule has 8 heteroatoms. The molecule has 2 aromatic rings. The van der Waals surface area contributed by atoms with Crippen LogP contribution in [0.4, 0.5) is 16.2 Å². The number of amides is 2. The minimum atomic E-state index is -0.327. The molecule has 126 valence electrons. The quantitative estimate of drug-likeness (QED) is 0.725. The van der Waals surface area contributed by atoms with Gasteiger partial charge in [0.1, 0.15) is 0 Å². The molecule has 0 aliphatic rings. The molecule has 0 saturated heterocycles. The summed E-state index contributed by atoms with van der Waals surface area (Å²) < 4.78 is 0. The minimum Gasteiger partial charge on any atom is -0.324 e. The van der Waals surface area contributed by atoms with Crippen LogP contribution in [-0.2, 0) is 4.79 Å². The zero-order valence-corrected chi connectivity index (χ0v) is 15.6. The maximum absolute atomic E-state index is 12.2. The lowest BCUT2D eigenvalue weighted by Crippen LogP contribution is -2.24. The second-order valence-electron chi connectivity index (χ2n) is 4.74. The average molecular weight is 404 g/mol. The molecule has 0 aliphatic carbocycles. The molecule has 2 aromatic carbocycles. The monoisotopic (exact) mass is 402 g/mol. The number of nitrogens with zero attached hydrogens (tertiary/aromatic N) is 1. The first kappa shape index (κ1) is 18.9. The van der Waals surface area contributed by atoms with Crippen molar-refractivity contribution in [2.45, 2.75) is 0 Å². The third-order valence-electron chi connectivity index (χ3n) is 3.02. The fourth-order valence-electron chi connectivity index (χ4n) is 1.81. The van der Waals surface area contributed by atoms with Gasteiger partial charge < -0.3 is 10.2 Å². The van der Waals surface area contributed by atoms with E-state index in [0.717, 1.165) is 11.8 Å². The lowest BCUT2D eigenvalue weighted by molar-refractivity contribution is -0.113. The van der Waals surface area contributed by atoms with Crippen LogP contribution in [-0.4, -0.2) is 23.9 Å². The fraction of sp³-hybridized carbons (Fsp3) is 0.125. The van der Waals surface area contributed by atoms with Gasteiger partial charge in [0.25, 0.3) is 5.24 Å². The standard InChI is InChI=1S/C16H13Cl3N2O2S/c1-21(14-8-10(17)6-7-12(14)19)16(23)24-9-15(22)20-13-5-3-2-4-11(13)18/h2-8H,9H2,1H3,(H,20,22). The van der Waals surface area contributed by atoms with Crippen LogP contribution in [0.25, 0.3) is 0 Å². The number of hydrogen-bond donors (Lipinski definition) is 1. The summed E-state index contributed by atoms with van der Waals surface area (Å²) in [6.45, 7) is 0. The number of para-hydroxylation sites is 1. The van der Waals surface area contributed by atoms with Crippen molar-refractivity contribution < 1.29 is 9.59 Å². The highest BCUT2D eigenvalue weighted by Gasteiger charge is 2.17. The van der Waals surface area contributed by atoms with Gasteiger partial charge in [0.15, 0.2) is 0 Å². The molecule has 0 radical (unpaired) electrons. The first-order valence-electron chi connectivity index (χ1n) is 6.78. The van der Waals surface area contributed by atoms with E-state index in [2.05, 4.69) is 5.32 Å². The predicted octanol–water partition coefficient (Wildman–Crippen LogP) is 5.57. The van der Waals surface area contributed by atoms with Crippen LogP contribution in [0.2, 0.25) is 15.1 Å². The highest BCUT2D eigenvalue weighted by molar-refractivity contribution is 8.14. The number of benzene rings is 2. The minimum absolute atomic E-state index is 0.0490. The van der Waals surface area contributed by atoms with Crippen LogP contribution in [0, 0.1) is 0 Å². The lowest BCUT2D eigenvalue weighted by atomic mass is 10.3. The molecular formula is C16H13Cl3N2O2S. The first-order valence-corrected chi connectivity index (χ1v) is 8.90. The molecule has 0 fully saturated rings. The summed E-state index contributed by atoms with van der Waals surface area (Å²) in [6, 6.07) is 11.7. The van der Waals surface area contributed by atoms with E-state index in [1.807, 2.05) is 0 Å². The van der Waals surface area contributed by atoms with Crippen molar-refractivity contribution in [1.82, 2.24) is 0 Å². The second-order valence-corrected chi connectivity index (χ2v) is 6.91.